The number of amides is 2. The van der Waals surface area contributed by atoms with E-state index in [2.05, 4.69) is 58.0 Å². The molecule has 0 aliphatic carbocycles. The molecule has 0 saturated carbocycles. The topological polar surface area (TPSA) is 61.4 Å². The van der Waals surface area contributed by atoms with E-state index in [1.165, 1.54) is 23.3 Å². The van der Waals surface area contributed by atoms with Crippen LogP contribution in [-0.2, 0) is 16.1 Å². The number of carbonyl (C=O) groups excluding carboxylic acids is 2. The lowest BCUT2D eigenvalue weighted by atomic mass is 9.95. The standard InChI is InChI=1S/C25H27N3O2/c1-18(29)26-22-9-11-23(12-10-22)27-25(30)20-13-15-28(16-14-20)17-21-7-4-6-19-5-2-3-8-24(19)21/h2-12,20H,13-17H2,1H3,(H,26,29)(H,27,30). The van der Waals surface area contributed by atoms with Gasteiger partial charge in [-0.15, -0.1) is 0 Å². The van der Waals surface area contributed by atoms with Crippen LogP contribution in [0, 0.1) is 5.92 Å². The van der Waals surface area contributed by atoms with Crippen molar-refractivity contribution in [1.82, 2.24) is 4.90 Å². The molecule has 0 radical (unpaired) electrons. The first-order valence-electron chi connectivity index (χ1n) is 10.5. The van der Waals surface area contributed by atoms with Crippen LogP contribution in [0.5, 0.6) is 0 Å². The lowest BCUT2D eigenvalue weighted by Crippen LogP contribution is -2.37. The summed E-state index contributed by atoms with van der Waals surface area (Å²) >= 11 is 0. The summed E-state index contributed by atoms with van der Waals surface area (Å²) in [5.41, 5.74) is 2.82. The molecule has 3 aromatic carbocycles. The normalized spacial score (nSPS) is 15.1. The molecular formula is C25H27N3O2. The summed E-state index contributed by atoms with van der Waals surface area (Å²) in [6.07, 6.45) is 1.72. The number of carbonyl (C=O) groups is 2. The lowest BCUT2D eigenvalue weighted by molar-refractivity contribution is -0.121. The van der Waals surface area contributed by atoms with Gasteiger partial charge in [0.25, 0.3) is 0 Å². The van der Waals surface area contributed by atoms with E-state index in [4.69, 9.17) is 0 Å². The highest BCUT2D eigenvalue weighted by Crippen LogP contribution is 2.24. The van der Waals surface area contributed by atoms with Gasteiger partial charge in [0.2, 0.25) is 11.8 Å². The SMILES string of the molecule is CC(=O)Nc1ccc(NC(=O)C2CCN(Cc3cccc4ccccc34)CC2)cc1. The van der Waals surface area contributed by atoms with Gasteiger partial charge in [0, 0.05) is 30.8 Å². The van der Waals surface area contributed by atoms with Crippen LogP contribution < -0.4 is 10.6 Å². The average Bonchev–Trinajstić information content (AvgIpc) is 2.75. The Labute approximate surface area is 177 Å². The Balaban J connectivity index is 1.30. The second kappa shape index (κ2) is 9.09. The van der Waals surface area contributed by atoms with Gasteiger partial charge in [0.05, 0.1) is 0 Å². The van der Waals surface area contributed by atoms with Gasteiger partial charge in [-0.1, -0.05) is 42.5 Å². The van der Waals surface area contributed by atoms with E-state index in [0.29, 0.717) is 0 Å². The van der Waals surface area contributed by atoms with E-state index in [-0.39, 0.29) is 17.7 Å². The van der Waals surface area contributed by atoms with Crippen LogP contribution in [0.1, 0.15) is 25.3 Å². The van der Waals surface area contributed by atoms with Crippen molar-refractivity contribution in [2.75, 3.05) is 23.7 Å². The third-order valence-corrected chi connectivity index (χ3v) is 5.71. The predicted molar refractivity (Wildman–Crippen MR) is 121 cm³/mol. The van der Waals surface area contributed by atoms with Crippen LogP contribution in [0.25, 0.3) is 10.8 Å². The van der Waals surface area contributed by atoms with E-state index in [0.717, 1.165) is 43.9 Å². The fourth-order valence-electron chi connectivity index (χ4n) is 4.11. The summed E-state index contributed by atoms with van der Waals surface area (Å²) in [4.78, 5) is 26.2. The molecule has 2 N–H and O–H groups in total. The summed E-state index contributed by atoms with van der Waals surface area (Å²) in [7, 11) is 0. The Morgan fingerprint density at radius 2 is 1.50 bits per heavy atom. The van der Waals surface area contributed by atoms with Crippen molar-refractivity contribution in [2.45, 2.75) is 26.3 Å². The van der Waals surface area contributed by atoms with Crippen molar-refractivity contribution in [2.24, 2.45) is 5.92 Å². The number of piperidine rings is 1. The van der Waals surface area contributed by atoms with Gasteiger partial charge in [0.15, 0.2) is 0 Å². The van der Waals surface area contributed by atoms with Crippen molar-refractivity contribution in [3.05, 3.63) is 72.3 Å². The van der Waals surface area contributed by atoms with E-state index in [1.807, 2.05) is 12.1 Å². The highest BCUT2D eigenvalue weighted by atomic mass is 16.2. The van der Waals surface area contributed by atoms with Gasteiger partial charge in [-0.2, -0.15) is 0 Å². The number of rotatable bonds is 5. The zero-order valence-electron chi connectivity index (χ0n) is 17.2. The van der Waals surface area contributed by atoms with Gasteiger partial charge in [0.1, 0.15) is 0 Å². The number of benzene rings is 3. The Hall–Kier alpha value is -3.18. The number of hydrogen-bond donors (Lipinski definition) is 2. The molecule has 0 atom stereocenters. The minimum atomic E-state index is -0.109. The Bertz CT molecular complexity index is 1030. The molecule has 1 saturated heterocycles. The van der Waals surface area contributed by atoms with Crippen molar-refractivity contribution in [3.8, 4) is 0 Å². The molecule has 3 aromatic rings. The van der Waals surface area contributed by atoms with Gasteiger partial charge in [-0.25, -0.2) is 0 Å². The molecule has 154 valence electrons. The van der Waals surface area contributed by atoms with E-state index in [9.17, 15) is 9.59 Å². The van der Waals surface area contributed by atoms with Crippen molar-refractivity contribution in [3.63, 3.8) is 0 Å². The molecule has 2 amide bonds. The number of likely N-dealkylation sites (tertiary alicyclic amines) is 1. The van der Waals surface area contributed by atoms with Gasteiger partial charge in [-0.3, -0.25) is 14.5 Å². The molecule has 30 heavy (non-hydrogen) atoms. The molecule has 0 aromatic heterocycles. The molecule has 5 heteroatoms. The first-order valence-corrected chi connectivity index (χ1v) is 10.5. The number of fused-ring (bicyclic) bond motifs is 1. The molecular weight excluding hydrogens is 374 g/mol. The molecule has 1 aliphatic heterocycles. The van der Waals surface area contributed by atoms with Gasteiger partial charge < -0.3 is 10.6 Å². The zero-order valence-corrected chi connectivity index (χ0v) is 17.2. The van der Waals surface area contributed by atoms with Gasteiger partial charge >= 0.3 is 0 Å². The first kappa shape index (κ1) is 20.1. The van der Waals surface area contributed by atoms with Crippen molar-refractivity contribution < 1.29 is 9.59 Å². The largest absolute Gasteiger partial charge is 0.326 e. The van der Waals surface area contributed by atoms with Crippen LogP contribution in [0.2, 0.25) is 0 Å². The number of nitrogens with zero attached hydrogens (tertiary/aromatic N) is 1. The molecule has 1 heterocycles. The van der Waals surface area contributed by atoms with Crippen LogP contribution in [-0.4, -0.2) is 29.8 Å². The second-order valence-electron chi connectivity index (χ2n) is 7.94. The molecule has 4 rings (SSSR count). The fraction of sp³-hybridized carbons (Fsp3) is 0.280. The molecule has 0 bridgehead atoms. The minimum Gasteiger partial charge on any atom is -0.326 e. The molecule has 1 fully saturated rings. The van der Waals surface area contributed by atoms with E-state index in [1.54, 1.807) is 12.1 Å². The quantitative estimate of drug-likeness (QED) is 0.654. The van der Waals surface area contributed by atoms with E-state index < -0.39 is 0 Å². The smallest absolute Gasteiger partial charge is 0.227 e. The number of hydrogen-bond acceptors (Lipinski definition) is 3. The second-order valence-corrected chi connectivity index (χ2v) is 7.94. The minimum absolute atomic E-state index is 0.0313. The number of anilines is 2. The maximum absolute atomic E-state index is 12.7. The monoisotopic (exact) mass is 401 g/mol. The average molecular weight is 402 g/mol. The summed E-state index contributed by atoms with van der Waals surface area (Å²) in [6, 6.07) is 22.2. The zero-order chi connectivity index (χ0) is 20.9. The van der Waals surface area contributed by atoms with Crippen LogP contribution in [0.15, 0.2) is 66.7 Å². The summed E-state index contributed by atoms with van der Waals surface area (Å²) in [5, 5.41) is 8.32. The summed E-state index contributed by atoms with van der Waals surface area (Å²) < 4.78 is 0. The third-order valence-electron chi connectivity index (χ3n) is 5.71. The molecule has 0 unspecified atom stereocenters. The van der Waals surface area contributed by atoms with Crippen molar-refractivity contribution >= 4 is 34.0 Å². The fourth-order valence-corrected chi connectivity index (χ4v) is 4.11. The Morgan fingerprint density at radius 1 is 0.867 bits per heavy atom. The highest BCUT2D eigenvalue weighted by molar-refractivity contribution is 5.93. The highest BCUT2D eigenvalue weighted by Gasteiger charge is 2.25. The maximum Gasteiger partial charge on any atom is 0.227 e. The third kappa shape index (κ3) is 4.86. The predicted octanol–water partition coefficient (Wildman–Crippen LogP) is 4.65. The van der Waals surface area contributed by atoms with E-state index >= 15 is 0 Å². The number of nitrogens with one attached hydrogen (secondary N) is 2. The van der Waals surface area contributed by atoms with Crippen LogP contribution in [0.4, 0.5) is 11.4 Å². The summed E-state index contributed by atoms with van der Waals surface area (Å²) in [6.45, 7) is 4.23. The molecule has 0 spiro atoms. The Morgan fingerprint density at radius 3 is 2.20 bits per heavy atom. The molecule has 5 nitrogen and oxygen atoms in total. The molecule has 1 aliphatic rings. The van der Waals surface area contributed by atoms with Crippen LogP contribution >= 0.6 is 0 Å². The maximum atomic E-state index is 12.7. The van der Waals surface area contributed by atoms with Crippen LogP contribution in [0.3, 0.4) is 0 Å². The lowest BCUT2D eigenvalue weighted by Gasteiger charge is -2.31. The summed E-state index contributed by atoms with van der Waals surface area (Å²) in [5.74, 6) is -0.00192. The van der Waals surface area contributed by atoms with Gasteiger partial charge in [-0.05, 0) is 66.5 Å². The first-order chi connectivity index (χ1) is 14.6. The van der Waals surface area contributed by atoms with Crippen molar-refractivity contribution in [1.29, 1.82) is 0 Å². The Kier molecular flexibility index (Phi) is 6.10.